The first kappa shape index (κ1) is 13.9. The predicted octanol–water partition coefficient (Wildman–Crippen LogP) is 2.02. The average molecular weight is 217 g/mol. The molecule has 0 spiro atoms. The van der Waals surface area contributed by atoms with Gasteiger partial charge in [0, 0.05) is 11.8 Å². The van der Waals surface area contributed by atoms with E-state index in [4.69, 9.17) is 4.74 Å². The van der Waals surface area contributed by atoms with Gasteiger partial charge in [0.2, 0.25) is 6.54 Å². The van der Waals surface area contributed by atoms with E-state index >= 15 is 0 Å². The maximum absolute atomic E-state index is 10.7. The minimum Gasteiger partial charge on any atom is -0.456 e. The zero-order valence-corrected chi connectivity index (χ0v) is 9.78. The van der Waals surface area contributed by atoms with Crippen LogP contribution in [-0.4, -0.2) is 23.5 Å². The second-order valence-corrected chi connectivity index (χ2v) is 4.85. The molecular weight excluding hydrogens is 198 g/mol. The Kier molecular flexibility index (Phi) is 5.25. The Balaban J connectivity index is 4.12. The Morgan fingerprint density at radius 2 is 2.00 bits per heavy atom. The van der Waals surface area contributed by atoms with Crippen LogP contribution in [0.5, 0.6) is 0 Å². The Morgan fingerprint density at radius 3 is 2.33 bits per heavy atom. The summed E-state index contributed by atoms with van der Waals surface area (Å²) in [5.41, 5.74) is 0.0923. The molecular formula is C10H19NO4. The van der Waals surface area contributed by atoms with Crippen molar-refractivity contribution >= 4 is 5.97 Å². The van der Waals surface area contributed by atoms with Gasteiger partial charge in [0.15, 0.2) is 6.10 Å². The molecule has 1 unspecified atom stereocenters. The van der Waals surface area contributed by atoms with E-state index in [1.54, 1.807) is 0 Å². The molecule has 0 rings (SSSR count). The number of carbonyl (C=O) groups excluding carboxylic acids is 1. The first-order chi connectivity index (χ1) is 6.70. The lowest BCUT2D eigenvalue weighted by Gasteiger charge is -2.20. The number of nitro groups is 1. The molecule has 0 aromatic carbocycles. The molecule has 0 aliphatic rings. The van der Waals surface area contributed by atoms with E-state index in [0.717, 1.165) is 6.42 Å². The third kappa shape index (κ3) is 9.18. The summed E-state index contributed by atoms with van der Waals surface area (Å²) in [6.07, 6.45) is 0.722. The topological polar surface area (TPSA) is 69.4 Å². The number of esters is 1. The highest BCUT2D eigenvalue weighted by Gasteiger charge is 2.21. The van der Waals surface area contributed by atoms with Gasteiger partial charge in [-0.15, -0.1) is 0 Å². The third-order valence-electron chi connectivity index (χ3n) is 1.90. The van der Waals surface area contributed by atoms with Crippen molar-refractivity contribution in [2.45, 2.75) is 46.6 Å². The van der Waals surface area contributed by atoms with Gasteiger partial charge < -0.3 is 4.74 Å². The highest BCUT2D eigenvalue weighted by atomic mass is 16.6. The van der Waals surface area contributed by atoms with Crippen LogP contribution in [0.2, 0.25) is 0 Å². The molecule has 0 amide bonds. The van der Waals surface area contributed by atoms with Crippen molar-refractivity contribution in [3.63, 3.8) is 0 Å². The normalized spacial score (nSPS) is 13.3. The van der Waals surface area contributed by atoms with Crippen LogP contribution in [0.4, 0.5) is 0 Å². The quantitative estimate of drug-likeness (QED) is 0.401. The summed E-state index contributed by atoms with van der Waals surface area (Å²) < 4.78 is 4.88. The summed E-state index contributed by atoms with van der Waals surface area (Å²) in [4.78, 5) is 20.6. The van der Waals surface area contributed by atoms with E-state index in [-0.39, 0.29) is 12.0 Å². The van der Waals surface area contributed by atoms with Gasteiger partial charge in [-0.05, 0) is 18.3 Å². The summed E-state index contributed by atoms with van der Waals surface area (Å²) in [6.45, 7) is 7.09. The van der Waals surface area contributed by atoms with Crippen LogP contribution in [0.25, 0.3) is 0 Å². The molecule has 5 heteroatoms. The molecule has 0 radical (unpaired) electrons. The smallest absolute Gasteiger partial charge is 0.303 e. The summed E-state index contributed by atoms with van der Waals surface area (Å²) in [6, 6.07) is 0. The number of hydrogen-bond acceptors (Lipinski definition) is 4. The Morgan fingerprint density at radius 1 is 1.47 bits per heavy atom. The van der Waals surface area contributed by atoms with Crippen LogP contribution >= 0.6 is 0 Å². The number of carbonyl (C=O) groups is 1. The number of rotatable bonds is 5. The summed E-state index contributed by atoms with van der Waals surface area (Å²) >= 11 is 0. The van der Waals surface area contributed by atoms with E-state index in [9.17, 15) is 14.9 Å². The first-order valence-electron chi connectivity index (χ1n) is 5.00. The lowest BCUT2D eigenvalue weighted by atomic mass is 9.89. The minimum atomic E-state index is -0.600. The monoisotopic (exact) mass is 217 g/mol. The van der Waals surface area contributed by atoms with Gasteiger partial charge >= 0.3 is 5.97 Å². The van der Waals surface area contributed by atoms with Crippen LogP contribution in [0.1, 0.15) is 40.5 Å². The van der Waals surface area contributed by atoms with E-state index in [1.807, 2.05) is 20.8 Å². The largest absolute Gasteiger partial charge is 0.456 e. The Labute approximate surface area is 90.0 Å². The van der Waals surface area contributed by atoms with Gasteiger partial charge in [-0.3, -0.25) is 14.9 Å². The fourth-order valence-electron chi connectivity index (χ4n) is 1.18. The van der Waals surface area contributed by atoms with E-state index < -0.39 is 17.0 Å². The molecule has 0 heterocycles. The highest BCUT2D eigenvalue weighted by Crippen LogP contribution is 2.22. The lowest BCUT2D eigenvalue weighted by molar-refractivity contribution is -0.490. The van der Waals surface area contributed by atoms with Gasteiger partial charge in [-0.25, -0.2) is 0 Å². The highest BCUT2D eigenvalue weighted by molar-refractivity contribution is 5.66. The third-order valence-corrected chi connectivity index (χ3v) is 1.90. The van der Waals surface area contributed by atoms with Crippen LogP contribution < -0.4 is 0 Å². The molecule has 0 saturated heterocycles. The molecule has 0 saturated carbocycles. The van der Waals surface area contributed by atoms with Gasteiger partial charge in [-0.2, -0.15) is 0 Å². The summed E-state index contributed by atoms with van der Waals surface area (Å²) in [7, 11) is 0. The van der Waals surface area contributed by atoms with Gasteiger partial charge in [0.25, 0.3) is 0 Å². The molecule has 0 aliphatic heterocycles. The van der Waals surface area contributed by atoms with Crippen LogP contribution in [0, 0.1) is 15.5 Å². The average Bonchev–Trinajstić information content (AvgIpc) is 1.96. The van der Waals surface area contributed by atoms with Crippen molar-refractivity contribution in [3.05, 3.63) is 10.1 Å². The Hall–Kier alpha value is -1.13. The van der Waals surface area contributed by atoms with Crippen molar-refractivity contribution in [3.8, 4) is 0 Å². The van der Waals surface area contributed by atoms with E-state index in [2.05, 4.69) is 0 Å². The maximum atomic E-state index is 10.7. The van der Waals surface area contributed by atoms with Gasteiger partial charge in [0.1, 0.15) is 0 Å². The zero-order valence-electron chi connectivity index (χ0n) is 9.78. The minimum absolute atomic E-state index is 0.0923. The molecule has 15 heavy (non-hydrogen) atoms. The molecule has 88 valence electrons. The molecule has 0 bridgehead atoms. The van der Waals surface area contributed by atoms with Crippen molar-refractivity contribution in [1.82, 2.24) is 0 Å². The Bertz CT molecular complexity index is 216. The van der Waals surface area contributed by atoms with Crippen molar-refractivity contribution < 1.29 is 14.5 Å². The first-order valence-corrected chi connectivity index (χ1v) is 5.00. The van der Waals surface area contributed by atoms with Crippen molar-refractivity contribution in [2.75, 3.05) is 6.54 Å². The van der Waals surface area contributed by atoms with E-state index in [0.29, 0.717) is 6.42 Å². The zero-order chi connectivity index (χ0) is 12.1. The molecule has 0 aromatic rings. The summed E-state index contributed by atoms with van der Waals surface area (Å²) in [5.74, 6) is -0.462. The van der Waals surface area contributed by atoms with Crippen LogP contribution in [-0.2, 0) is 9.53 Å². The van der Waals surface area contributed by atoms with Crippen molar-refractivity contribution in [1.29, 1.82) is 0 Å². The lowest BCUT2D eigenvalue weighted by Crippen LogP contribution is -2.26. The van der Waals surface area contributed by atoms with Crippen LogP contribution in [0.3, 0.4) is 0 Å². The van der Waals surface area contributed by atoms with Crippen LogP contribution in [0.15, 0.2) is 0 Å². The van der Waals surface area contributed by atoms with Crippen molar-refractivity contribution in [2.24, 2.45) is 5.41 Å². The molecule has 0 fully saturated rings. The number of hydrogen-bond donors (Lipinski definition) is 0. The number of nitrogens with zero attached hydrogens (tertiary/aromatic N) is 1. The van der Waals surface area contributed by atoms with E-state index in [1.165, 1.54) is 6.92 Å². The van der Waals surface area contributed by atoms with Gasteiger partial charge in [0.05, 0.1) is 0 Å². The standard InChI is InChI=1S/C10H19NO4/c1-8(12)15-9(7-11(13)14)5-6-10(2,3)4/h9H,5-7H2,1-4H3. The summed E-state index contributed by atoms with van der Waals surface area (Å²) in [5, 5.41) is 10.3. The predicted molar refractivity (Wildman–Crippen MR) is 56.1 cm³/mol. The molecule has 5 nitrogen and oxygen atoms in total. The molecule has 0 aliphatic carbocycles. The molecule has 0 aromatic heterocycles. The van der Waals surface area contributed by atoms with Gasteiger partial charge in [-0.1, -0.05) is 20.8 Å². The molecule has 1 atom stereocenters. The maximum Gasteiger partial charge on any atom is 0.303 e. The second-order valence-electron chi connectivity index (χ2n) is 4.85. The SMILES string of the molecule is CC(=O)OC(CCC(C)(C)C)C[N+](=O)[O-]. The fraction of sp³-hybridized carbons (Fsp3) is 0.900. The molecule has 0 N–H and O–H groups in total. The fourth-order valence-corrected chi connectivity index (χ4v) is 1.18. The number of ether oxygens (including phenoxy) is 1. The second kappa shape index (κ2) is 5.68.